The number of rotatable bonds is 5. The van der Waals surface area contributed by atoms with Crippen LogP contribution in [0.5, 0.6) is 0 Å². The molecule has 0 saturated heterocycles. The fourth-order valence-corrected chi connectivity index (χ4v) is 5.55. The summed E-state index contributed by atoms with van der Waals surface area (Å²) >= 11 is 1.17. The van der Waals surface area contributed by atoms with Gasteiger partial charge in [0.05, 0.1) is 28.8 Å². The van der Waals surface area contributed by atoms with Crippen molar-refractivity contribution in [1.29, 1.82) is 0 Å². The average Bonchev–Trinajstić information content (AvgIpc) is 3.39. The molecular weight excluding hydrogens is 520 g/mol. The summed E-state index contributed by atoms with van der Waals surface area (Å²) in [6.07, 6.45) is -0.392. The van der Waals surface area contributed by atoms with Crippen LogP contribution in [0.2, 0.25) is 0 Å². The van der Waals surface area contributed by atoms with E-state index in [0.717, 1.165) is 29.5 Å². The Labute approximate surface area is 219 Å². The number of nitrogens with zero attached hydrogens (tertiary/aromatic N) is 3. The maximum absolute atomic E-state index is 16.5. The number of halogens is 4. The van der Waals surface area contributed by atoms with Crippen LogP contribution >= 0.6 is 11.3 Å². The first-order chi connectivity index (χ1) is 18.1. The number of aromatic nitrogens is 3. The van der Waals surface area contributed by atoms with Crippen molar-refractivity contribution < 1.29 is 27.1 Å². The maximum Gasteiger partial charge on any atom is 0.416 e. The van der Waals surface area contributed by atoms with Gasteiger partial charge in [0.25, 0.3) is 0 Å². The lowest BCUT2D eigenvalue weighted by molar-refractivity contribution is -0.137. The molecule has 5 rings (SSSR count). The Morgan fingerprint density at radius 1 is 1.11 bits per heavy atom. The van der Waals surface area contributed by atoms with Crippen molar-refractivity contribution in [2.24, 2.45) is 0 Å². The zero-order valence-electron chi connectivity index (χ0n) is 20.4. The largest absolute Gasteiger partial charge is 0.465 e. The number of pyridine rings is 2. The third-order valence-electron chi connectivity index (χ3n) is 6.33. The summed E-state index contributed by atoms with van der Waals surface area (Å²) in [6.45, 7) is 1.82. The lowest BCUT2D eigenvalue weighted by Gasteiger charge is -2.30. The van der Waals surface area contributed by atoms with Crippen LogP contribution in [0, 0.1) is 6.92 Å². The number of fused-ring (bicyclic) bond motifs is 1. The number of thiazole rings is 1. The average molecular weight is 543 g/mol. The minimum Gasteiger partial charge on any atom is -0.465 e. The molecule has 4 aromatic rings. The number of nitrogens with one attached hydrogen (secondary N) is 1. The Bertz CT molecular complexity index is 1520. The molecule has 11 heteroatoms. The van der Waals surface area contributed by atoms with E-state index in [1.165, 1.54) is 18.4 Å². The van der Waals surface area contributed by atoms with Crippen molar-refractivity contribution in [1.82, 2.24) is 15.0 Å². The number of esters is 1. The van der Waals surface area contributed by atoms with Gasteiger partial charge in [0.2, 0.25) is 0 Å². The molecule has 0 saturated carbocycles. The number of alkyl halides is 4. The second-order valence-electron chi connectivity index (χ2n) is 9.02. The standard InChI is InChI=1S/C27H22F4N4O2S/c1-15-10-20(34-23(11-15)35-22-13-18(7-9-32-22)27(29,30)31)21-14-33-25(38-21)26(28)8-3-4-16-12-17(24(36)37-2)5-6-19(16)26/h5-7,9-14H,3-4,8H2,1-2H3,(H,32,34,35)/t26-/m0/s1. The first kappa shape index (κ1) is 25.8. The summed E-state index contributed by atoms with van der Waals surface area (Å²) in [5.41, 5.74) is 0.249. The lowest BCUT2D eigenvalue weighted by Crippen LogP contribution is -2.27. The number of methoxy groups -OCH3 is 1. The number of ether oxygens (including phenoxy) is 1. The molecule has 0 bridgehead atoms. The van der Waals surface area contributed by atoms with Gasteiger partial charge in [-0.05, 0) is 79.3 Å². The van der Waals surface area contributed by atoms with E-state index in [4.69, 9.17) is 4.74 Å². The number of benzene rings is 1. The number of hydrogen-bond acceptors (Lipinski definition) is 7. The molecular formula is C27H22F4N4O2S. The molecule has 0 fully saturated rings. The molecule has 3 aromatic heterocycles. The van der Waals surface area contributed by atoms with Crippen LogP contribution in [0.1, 0.15) is 50.5 Å². The summed E-state index contributed by atoms with van der Waals surface area (Å²) in [7, 11) is 1.30. The molecule has 0 radical (unpaired) electrons. The monoisotopic (exact) mass is 542 g/mol. The molecule has 1 aromatic carbocycles. The Morgan fingerprint density at radius 3 is 2.68 bits per heavy atom. The van der Waals surface area contributed by atoms with E-state index >= 15 is 4.39 Å². The number of hydrogen-bond donors (Lipinski definition) is 1. The molecule has 3 heterocycles. The lowest BCUT2D eigenvalue weighted by atomic mass is 9.80. The van der Waals surface area contributed by atoms with E-state index in [1.807, 2.05) is 6.92 Å². The molecule has 1 N–H and O–H groups in total. The van der Waals surface area contributed by atoms with Crippen LogP contribution < -0.4 is 5.32 Å². The van der Waals surface area contributed by atoms with Gasteiger partial charge in [-0.3, -0.25) is 0 Å². The SMILES string of the molecule is COC(=O)c1ccc2c(c1)CCC[C@@]2(F)c1ncc(-c2cc(C)cc(Nc3cc(C(F)(F)F)ccn3)n2)s1. The van der Waals surface area contributed by atoms with Crippen molar-refractivity contribution in [3.63, 3.8) is 0 Å². The maximum atomic E-state index is 16.5. The third kappa shape index (κ3) is 4.98. The number of aryl methyl sites for hydroxylation is 2. The minimum absolute atomic E-state index is 0.00159. The van der Waals surface area contributed by atoms with Gasteiger partial charge in [-0.2, -0.15) is 13.2 Å². The summed E-state index contributed by atoms with van der Waals surface area (Å²) in [4.78, 5) is 25.4. The summed E-state index contributed by atoms with van der Waals surface area (Å²) < 4.78 is 60.5. The molecule has 38 heavy (non-hydrogen) atoms. The summed E-state index contributed by atoms with van der Waals surface area (Å²) in [5.74, 6) is -0.175. The van der Waals surface area contributed by atoms with E-state index in [1.54, 1.807) is 36.5 Å². The second-order valence-corrected chi connectivity index (χ2v) is 10.0. The predicted octanol–water partition coefficient (Wildman–Crippen LogP) is 7.01. The van der Waals surface area contributed by atoms with Crippen molar-refractivity contribution in [3.8, 4) is 10.6 Å². The van der Waals surface area contributed by atoms with Gasteiger partial charge in [0.15, 0.2) is 5.67 Å². The van der Waals surface area contributed by atoms with Crippen LogP contribution in [0.15, 0.2) is 54.9 Å². The van der Waals surface area contributed by atoms with E-state index < -0.39 is 23.4 Å². The van der Waals surface area contributed by atoms with Gasteiger partial charge in [-0.1, -0.05) is 6.07 Å². The van der Waals surface area contributed by atoms with Crippen molar-refractivity contribution in [2.75, 3.05) is 12.4 Å². The molecule has 1 atom stereocenters. The molecule has 1 aliphatic rings. The second kappa shape index (κ2) is 9.79. The van der Waals surface area contributed by atoms with Gasteiger partial charge < -0.3 is 10.1 Å². The fraction of sp³-hybridized carbons (Fsp3) is 0.259. The first-order valence-corrected chi connectivity index (χ1v) is 12.5. The highest BCUT2D eigenvalue weighted by molar-refractivity contribution is 7.15. The summed E-state index contributed by atoms with van der Waals surface area (Å²) in [6, 6.07) is 10.1. The van der Waals surface area contributed by atoms with Crippen LogP contribution in [0.3, 0.4) is 0 Å². The van der Waals surface area contributed by atoms with Gasteiger partial charge in [-0.15, -0.1) is 11.3 Å². The van der Waals surface area contributed by atoms with Gasteiger partial charge in [0, 0.05) is 12.4 Å². The molecule has 1 aliphatic carbocycles. The molecule has 196 valence electrons. The third-order valence-corrected chi connectivity index (χ3v) is 7.49. The minimum atomic E-state index is -4.50. The zero-order chi connectivity index (χ0) is 27.1. The molecule has 0 aliphatic heterocycles. The zero-order valence-corrected chi connectivity index (χ0v) is 21.2. The predicted molar refractivity (Wildman–Crippen MR) is 135 cm³/mol. The molecule has 0 amide bonds. The van der Waals surface area contributed by atoms with Crippen molar-refractivity contribution >= 4 is 28.9 Å². The van der Waals surface area contributed by atoms with Gasteiger partial charge in [-0.25, -0.2) is 24.1 Å². The smallest absolute Gasteiger partial charge is 0.416 e. The van der Waals surface area contributed by atoms with E-state index in [-0.39, 0.29) is 17.2 Å². The highest BCUT2D eigenvalue weighted by atomic mass is 32.1. The van der Waals surface area contributed by atoms with Crippen molar-refractivity contribution in [2.45, 2.75) is 38.0 Å². The van der Waals surface area contributed by atoms with E-state index in [9.17, 15) is 18.0 Å². The number of anilines is 2. The fourth-order valence-electron chi connectivity index (χ4n) is 4.55. The summed E-state index contributed by atoms with van der Waals surface area (Å²) in [5, 5.41) is 3.10. The quantitative estimate of drug-likeness (QED) is 0.216. The van der Waals surface area contributed by atoms with E-state index in [2.05, 4.69) is 20.3 Å². The van der Waals surface area contributed by atoms with Crippen LogP contribution in [-0.2, 0) is 23.0 Å². The van der Waals surface area contributed by atoms with Crippen LogP contribution in [0.4, 0.5) is 29.2 Å². The normalized spacial score (nSPS) is 17.1. The topological polar surface area (TPSA) is 77.0 Å². The number of carbonyl (C=O) groups is 1. The van der Waals surface area contributed by atoms with Crippen molar-refractivity contribution in [3.05, 3.63) is 87.7 Å². The Morgan fingerprint density at radius 2 is 1.92 bits per heavy atom. The van der Waals surface area contributed by atoms with Crippen LogP contribution in [0.25, 0.3) is 10.6 Å². The highest BCUT2D eigenvalue weighted by Crippen LogP contribution is 2.46. The number of carbonyl (C=O) groups excluding carboxylic acids is 1. The Kier molecular flexibility index (Phi) is 6.64. The van der Waals surface area contributed by atoms with Gasteiger partial charge in [0.1, 0.15) is 16.6 Å². The van der Waals surface area contributed by atoms with Gasteiger partial charge >= 0.3 is 12.1 Å². The van der Waals surface area contributed by atoms with Crippen LogP contribution in [-0.4, -0.2) is 28.0 Å². The first-order valence-electron chi connectivity index (χ1n) is 11.7. The molecule has 0 unspecified atom stereocenters. The highest BCUT2D eigenvalue weighted by Gasteiger charge is 2.41. The Hall–Kier alpha value is -3.86. The Balaban J connectivity index is 1.45. The van der Waals surface area contributed by atoms with E-state index in [0.29, 0.717) is 40.4 Å². The molecule has 0 spiro atoms. The molecule has 6 nitrogen and oxygen atoms in total.